The lowest BCUT2D eigenvalue weighted by atomic mass is 10.0. The van der Waals surface area contributed by atoms with E-state index in [0.717, 1.165) is 12.0 Å². The first-order valence-electron chi connectivity index (χ1n) is 7.81. The highest BCUT2D eigenvalue weighted by Crippen LogP contribution is 2.25. The first-order valence-corrected chi connectivity index (χ1v) is 7.81. The van der Waals surface area contributed by atoms with Crippen LogP contribution in [0.3, 0.4) is 0 Å². The Morgan fingerprint density at radius 2 is 1.42 bits per heavy atom. The van der Waals surface area contributed by atoms with E-state index in [1.54, 1.807) is 24.3 Å². The van der Waals surface area contributed by atoms with Crippen LogP contribution in [0.25, 0.3) is 0 Å². The van der Waals surface area contributed by atoms with Crippen molar-refractivity contribution in [1.29, 1.82) is 0 Å². The molecular formula is C21H18O3. The number of aromatic carboxylic acids is 1. The number of rotatable bonds is 6. The SMILES string of the molecule is O=C(O)c1ccc(OC(Cc2ccccc2)c2ccccc2)cc1. The second-order valence-electron chi connectivity index (χ2n) is 5.54. The highest BCUT2D eigenvalue weighted by molar-refractivity contribution is 5.87. The maximum absolute atomic E-state index is 11.0. The van der Waals surface area contributed by atoms with Crippen LogP contribution in [0.5, 0.6) is 5.75 Å². The van der Waals surface area contributed by atoms with Crippen LogP contribution in [0, 0.1) is 0 Å². The lowest BCUT2D eigenvalue weighted by Gasteiger charge is -2.20. The standard InChI is InChI=1S/C21H18O3/c22-21(23)18-11-13-19(14-12-18)24-20(17-9-5-2-6-10-17)15-16-7-3-1-4-8-16/h1-14,20H,15H2,(H,22,23). The molecule has 3 aromatic carbocycles. The molecule has 0 fully saturated rings. The maximum atomic E-state index is 11.0. The summed E-state index contributed by atoms with van der Waals surface area (Å²) in [5.41, 5.74) is 2.53. The first-order chi connectivity index (χ1) is 11.7. The summed E-state index contributed by atoms with van der Waals surface area (Å²) in [7, 11) is 0. The highest BCUT2D eigenvalue weighted by atomic mass is 16.5. The molecule has 1 atom stereocenters. The van der Waals surface area contributed by atoms with Gasteiger partial charge < -0.3 is 9.84 Å². The van der Waals surface area contributed by atoms with Gasteiger partial charge in [-0.05, 0) is 35.4 Å². The minimum Gasteiger partial charge on any atom is -0.485 e. The summed E-state index contributed by atoms with van der Waals surface area (Å²) in [4.78, 5) is 11.0. The van der Waals surface area contributed by atoms with Crippen molar-refractivity contribution in [1.82, 2.24) is 0 Å². The molecule has 0 spiro atoms. The van der Waals surface area contributed by atoms with Crippen molar-refractivity contribution in [3.8, 4) is 5.75 Å². The molecule has 1 N–H and O–H groups in total. The topological polar surface area (TPSA) is 46.5 Å². The van der Waals surface area contributed by atoms with E-state index in [0.29, 0.717) is 5.75 Å². The van der Waals surface area contributed by atoms with Crippen LogP contribution >= 0.6 is 0 Å². The fraction of sp³-hybridized carbons (Fsp3) is 0.0952. The van der Waals surface area contributed by atoms with Crippen LogP contribution in [0.15, 0.2) is 84.9 Å². The number of benzene rings is 3. The summed E-state index contributed by atoms with van der Waals surface area (Å²) in [5.74, 6) is -0.282. The first kappa shape index (κ1) is 15.8. The average Bonchev–Trinajstić information content (AvgIpc) is 2.63. The molecule has 0 bridgehead atoms. The van der Waals surface area contributed by atoms with Crippen molar-refractivity contribution < 1.29 is 14.6 Å². The largest absolute Gasteiger partial charge is 0.485 e. The summed E-state index contributed by atoms with van der Waals surface area (Å²) < 4.78 is 6.15. The summed E-state index contributed by atoms with van der Waals surface area (Å²) in [6.07, 6.45) is 0.607. The summed E-state index contributed by atoms with van der Waals surface area (Å²) in [5, 5.41) is 8.99. The van der Waals surface area contributed by atoms with E-state index in [1.807, 2.05) is 48.5 Å². The van der Waals surface area contributed by atoms with Gasteiger partial charge in [-0.3, -0.25) is 0 Å². The van der Waals surface area contributed by atoms with E-state index in [1.165, 1.54) is 5.56 Å². The van der Waals surface area contributed by atoms with Crippen LogP contribution in [-0.2, 0) is 6.42 Å². The van der Waals surface area contributed by atoms with Crippen LogP contribution in [0.1, 0.15) is 27.6 Å². The van der Waals surface area contributed by atoms with Gasteiger partial charge in [0.25, 0.3) is 0 Å². The molecule has 1 unspecified atom stereocenters. The molecule has 0 saturated heterocycles. The molecule has 0 aliphatic rings. The van der Waals surface area contributed by atoms with Crippen molar-refractivity contribution in [2.75, 3.05) is 0 Å². The fourth-order valence-electron chi connectivity index (χ4n) is 2.56. The molecule has 3 nitrogen and oxygen atoms in total. The Labute approximate surface area is 141 Å². The van der Waals surface area contributed by atoms with Crippen molar-refractivity contribution in [3.05, 3.63) is 102 Å². The molecule has 0 aliphatic heterocycles. The number of carboxylic acids is 1. The number of carboxylic acid groups (broad SMARTS) is 1. The van der Waals surface area contributed by atoms with Crippen LogP contribution in [0.2, 0.25) is 0 Å². The van der Waals surface area contributed by atoms with Gasteiger partial charge >= 0.3 is 5.97 Å². The second-order valence-corrected chi connectivity index (χ2v) is 5.54. The maximum Gasteiger partial charge on any atom is 0.335 e. The zero-order valence-corrected chi connectivity index (χ0v) is 13.1. The molecule has 0 radical (unpaired) electrons. The van der Waals surface area contributed by atoms with E-state index in [-0.39, 0.29) is 11.7 Å². The van der Waals surface area contributed by atoms with E-state index in [9.17, 15) is 4.79 Å². The van der Waals surface area contributed by atoms with Gasteiger partial charge in [0.05, 0.1) is 5.56 Å². The van der Waals surface area contributed by atoms with Gasteiger partial charge in [-0.15, -0.1) is 0 Å². The van der Waals surface area contributed by atoms with Crippen LogP contribution in [0.4, 0.5) is 0 Å². The van der Waals surface area contributed by atoms with Crippen molar-refractivity contribution >= 4 is 5.97 Å². The molecule has 120 valence electrons. The van der Waals surface area contributed by atoms with E-state index in [2.05, 4.69) is 12.1 Å². The molecule has 0 saturated carbocycles. The quantitative estimate of drug-likeness (QED) is 0.713. The second kappa shape index (κ2) is 7.47. The van der Waals surface area contributed by atoms with Gasteiger partial charge in [-0.25, -0.2) is 4.79 Å². The minimum absolute atomic E-state index is 0.135. The zero-order chi connectivity index (χ0) is 16.8. The minimum atomic E-state index is -0.939. The fourth-order valence-corrected chi connectivity index (χ4v) is 2.56. The van der Waals surface area contributed by atoms with Gasteiger partial charge in [-0.1, -0.05) is 60.7 Å². The lowest BCUT2D eigenvalue weighted by Crippen LogP contribution is -2.11. The zero-order valence-electron chi connectivity index (χ0n) is 13.1. The van der Waals surface area contributed by atoms with Crippen LogP contribution < -0.4 is 4.74 Å². The van der Waals surface area contributed by atoms with Gasteiger partial charge in [0.1, 0.15) is 11.9 Å². The molecule has 3 heteroatoms. The Hall–Kier alpha value is -3.07. The van der Waals surface area contributed by atoms with Gasteiger partial charge in [0.2, 0.25) is 0 Å². The molecule has 3 rings (SSSR count). The molecule has 24 heavy (non-hydrogen) atoms. The van der Waals surface area contributed by atoms with E-state index >= 15 is 0 Å². The third kappa shape index (κ3) is 4.02. The Balaban J connectivity index is 1.83. The number of ether oxygens (including phenoxy) is 1. The Bertz CT molecular complexity index is 780. The van der Waals surface area contributed by atoms with Gasteiger partial charge in [0.15, 0.2) is 0 Å². The average molecular weight is 318 g/mol. The summed E-state index contributed by atoms with van der Waals surface area (Å²) in [6, 6.07) is 26.7. The van der Waals surface area contributed by atoms with Gasteiger partial charge in [-0.2, -0.15) is 0 Å². The number of hydrogen-bond acceptors (Lipinski definition) is 2. The predicted molar refractivity (Wildman–Crippen MR) is 93.4 cm³/mol. The van der Waals surface area contributed by atoms with Crippen molar-refractivity contribution in [2.24, 2.45) is 0 Å². The number of carbonyl (C=O) groups is 1. The van der Waals surface area contributed by atoms with Crippen molar-refractivity contribution in [2.45, 2.75) is 12.5 Å². The third-order valence-corrected chi connectivity index (χ3v) is 3.81. The highest BCUT2D eigenvalue weighted by Gasteiger charge is 2.14. The van der Waals surface area contributed by atoms with Crippen molar-refractivity contribution in [3.63, 3.8) is 0 Å². The van der Waals surface area contributed by atoms with Gasteiger partial charge in [0, 0.05) is 6.42 Å². The van der Waals surface area contributed by atoms with Crippen LogP contribution in [-0.4, -0.2) is 11.1 Å². The Morgan fingerprint density at radius 1 is 0.833 bits per heavy atom. The molecule has 3 aromatic rings. The predicted octanol–water partition coefficient (Wildman–Crippen LogP) is 4.75. The van der Waals surface area contributed by atoms with E-state index < -0.39 is 5.97 Å². The summed E-state index contributed by atoms with van der Waals surface area (Å²) >= 11 is 0. The normalized spacial score (nSPS) is 11.7. The summed E-state index contributed by atoms with van der Waals surface area (Å²) in [6.45, 7) is 0. The van der Waals surface area contributed by atoms with E-state index in [4.69, 9.17) is 9.84 Å². The molecule has 0 aliphatic carbocycles. The molecule has 0 aromatic heterocycles. The smallest absolute Gasteiger partial charge is 0.335 e. The Kier molecular flexibility index (Phi) is 4.92. The molecular weight excluding hydrogens is 300 g/mol. The molecule has 0 heterocycles. The lowest BCUT2D eigenvalue weighted by molar-refractivity contribution is 0.0697. The monoisotopic (exact) mass is 318 g/mol. The Morgan fingerprint density at radius 3 is 2.00 bits per heavy atom. The molecule has 0 amide bonds. The third-order valence-electron chi connectivity index (χ3n) is 3.81. The number of hydrogen-bond donors (Lipinski definition) is 1.